The number of hydrogen-bond donors (Lipinski definition) is 1. The first-order valence-corrected chi connectivity index (χ1v) is 7.65. The number of carbonyl (C=O) groups excluding carboxylic acids is 1. The number of aliphatic hydroxyl groups excluding tert-OH is 1. The first kappa shape index (κ1) is 13.6. The third-order valence-corrected chi connectivity index (χ3v) is 5.38. The molecule has 0 radical (unpaired) electrons. The normalized spacial score (nSPS) is 22.1. The highest BCUT2D eigenvalue weighted by Crippen LogP contribution is 2.50. The van der Waals surface area contributed by atoms with Gasteiger partial charge in [0.2, 0.25) is 5.91 Å². The summed E-state index contributed by atoms with van der Waals surface area (Å²) in [4.78, 5) is 13.5. The number of carbonyl (C=O) groups is 1. The third kappa shape index (κ3) is 1.96. The molecule has 3 heteroatoms. The number of hydrogen-bond acceptors (Lipinski definition) is 2. The maximum Gasteiger partial charge on any atom is 0.231 e. The molecule has 0 saturated heterocycles. The third-order valence-electron chi connectivity index (χ3n) is 5.38. The number of anilines is 1. The van der Waals surface area contributed by atoms with Crippen molar-refractivity contribution in [2.75, 3.05) is 11.9 Å². The second kappa shape index (κ2) is 4.88. The summed E-state index contributed by atoms with van der Waals surface area (Å²) in [7, 11) is 1.81. The van der Waals surface area contributed by atoms with Gasteiger partial charge in [0.1, 0.15) is 0 Å². The lowest BCUT2D eigenvalue weighted by atomic mass is 9.75. The number of nitrogens with zero attached hydrogens (tertiary/aromatic N) is 1. The van der Waals surface area contributed by atoms with Gasteiger partial charge < -0.3 is 10.0 Å². The van der Waals surface area contributed by atoms with Crippen LogP contribution in [0.2, 0.25) is 0 Å². The molecule has 1 atom stereocenters. The van der Waals surface area contributed by atoms with Crippen LogP contribution in [0.15, 0.2) is 18.2 Å². The van der Waals surface area contributed by atoms with E-state index in [1.165, 1.54) is 12.8 Å². The molecule has 2 aliphatic rings. The lowest BCUT2D eigenvalue weighted by Gasteiger charge is -2.33. The Bertz CT molecular complexity index is 532. The van der Waals surface area contributed by atoms with Crippen LogP contribution in [0.5, 0.6) is 0 Å². The molecule has 1 aliphatic carbocycles. The number of amides is 1. The van der Waals surface area contributed by atoms with Gasteiger partial charge in [-0.05, 0) is 36.5 Å². The minimum absolute atomic E-state index is 0.0444. The summed E-state index contributed by atoms with van der Waals surface area (Å²) in [6.07, 6.45) is 5.74. The molecule has 108 valence electrons. The standard InChI is InChI=1S/C17H23NO2/c1-3-17(8-4-5-9-17)16(20)12-6-7-14-13(10-12)11-15(19)18(14)2/h6-7,10,16,20H,3-5,8-9,11H2,1-2H3. The van der Waals surface area contributed by atoms with Crippen LogP contribution in [0, 0.1) is 5.41 Å². The molecule has 1 unspecified atom stereocenters. The Labute approximate surface area is 120 Å². The van der Waals surface area contributed by atoms with Crippen molar-refractivity contribution in [3.63, 3.8) is 0 Å². The van der Waals surface area contributed by atoms with Gasteiger partial charge in [-0.15, -0.1) is 0 Å². The lowest BCUT2D eigenvalue weighted by Crippen LogP contribution is -2.25. The van der Waals surface area contributed by atoms with Crippen molar-refractivity contribution in [3.05, 3.63) is 29.3 Å². The molecule has 3 nitrogen and oxygen atoms in total. The summed E-state index contributed by atoms with van der Waals surface area (Å²) < 4.78 is 0. The minimum atomic E-state index is -0.402. The molecule has 20 heavy (non-hydrogen) atoms. The fourth-order valence-corrected chi connectivity index (χ4v) is 3.91. The lowest BCUT2D eigenvalue weighted by molar-refractivity contribution is -0.117. The highest BCUT2D eigenvalue weighted by Gasteiger charge is 2.40. The molecule has 1 heterocycles. The predicted octanol–water partition coefficient (Wildman–Crippen LogP) is 3.21. The van der Waals surface area contributed by atoms with Gasteiger partial charge in [0.05, 0.1) is 12.5 Å². The topological polar surface area (TPSA) is 40.5 Å². The Balaban J connectivity index is 1.92. The predicted molar refractivity (Wildman–Crippen MR) is 79.7 cm³/mol. The molecule has 1 N–H and O–H groups in total. The van der Waals surface area contributed by atoms with Gasteiger partial charge in [-0.25, -0.2) is 0 Å². The zero-order valence-corrected chi connectivity index (χ0v) is 12.4. The van der Waals surface area contributed by atoms with E-state index in [0.29, 0.717) is 6.42 Å². The highest BCUT2D eigenvalue weighted by atomic mass is 16.3. The van der Waals surface area contributed by atoms with Crippen molar-refractivity contribution in [1.82, 2.24) is 0 Å². The number of benzene rings is 1. The second-order valence-electron chi connectivity index (χ2n) is 6.34. The average Bonchev–Trinajstić information content (AvgIpc) is 3.05. The smallest absolute Gasteiger partial charge is 0.231 e. The number of fused-ring (bicyclic) bond motifs is 1. The van der Waals surface area contributed by atoms with Crippen LogP contribution < -0.4 is 4.90 Å². The van der Waals surface area contributed by atoms with E-state index in [1.54, 1.807) is 4.90 Å². The van der Waals surface area contributed by atoms with Crippen LogP contribution in [0.4, 0.5) is 5.69 Å². The molecule has 1 aromatic rings. The monoisotopic (exact) mass is 273 g/mol. The van der Waals surface area contributed by atoms with Crippen LogP contribution in [-0.2, 0) is 11.2 Å². The zero-order valence-electron chi connectivity index (χ0n) is 12.4. The highest BCUT2D eigenvalue weighted by molar-refractivity contribution is 6.00. The average molecular weight is 273 g/mol. The largest absolute Gasteiger partial charge is 0.388 e. The van der Waals surface area contributed by atoms with E-state index in [2.05, 4.69) is 6.92 Å². The molecular weight excluding hydrogens is 250 g/mol. The van der Waals surface area contributed by atoms with Crippen molar-refractivity contribution < 1.29 is 9.90 Å². The molecule has 1 fully saturated rings. The van der Waals surface area contributed by atoms with Crippen LogP contribution >= 0.6 is 0 Å². The van der Waals surface area contributed by atoms with Crippen LogP contribution in [-0.4, -0.2) is 18.1 Å². The maximum atomic E-state index is 11.8. The Morgan fingerprint density at radius 3 is 2.70 bits per heavy atom. The number of rotatable bonds is 3. The molecule has 1 aliphatic heterocycles. The molecular formula is C17H23NO2. The number of likely N-dealkylation sites (N-methyl/N-ethyl adjacent to an activating group) is 1. The van der Waals surface area contributed by atoms with E-state index in [9.17, 15) is 9.90 Å². The van der Waals surface area contributed by atoms with Gasteiger partial charge in [0, 0.05) is 18.2 Å². The fraction of sp³-hybridized carbons (Fsp3) is 0.588. The first-order valence-electron chi connectivity index (χ1n) is 7.65. The second-order valence-corrected chi connectivity index (χ2v) is 6.34. The molecule has 1 saturated carbocycles. The molecule has 1 aromatic carbocycles. The van der Waals surface area contributed by atoms with E-state index in [1.807, 2.05) is 25.2 Å². The molecule has 0 spiro atoms. The summed E-state index contributed by atoms with van der Waals surface area (Å²) in [5, 5.41) is 10.8. The van der Waals surface area contributed by atoms with Gasteiger partial charge in [-0.3, -0.25) is 4.79 Å². The minimum Gasteiger partial charge on any atom is -0.388 e. The molecule has 3 rings (SSSR count). The van der Waals surface area contributed by atoms with Crippen LogP contribution in [0.25, 0.3) is 0 Å². The van der Waals surface area contributed by atoms with Crippen molar-refractivity contribution in [2.45, 2.75) is 51.6 Å². The maximum absolute atomic E-state index is 11.8. The SMILES string of the molecule is CCC1(C(O)c2ccc3c(c2)CC(=O)N3C)CCCC1. The van der Waals surface area contributed by atoms with Gasteiger partial charge in [-0.2, -0.15) is 0 Å². The Hall–Kier alpha value is -1.35. The summed E-state index contributed by atoms with van der Waals surface area (Å²) in [6, 6.07) is 6.02. The summed E-state index contributed by atoms with van der Waals surface area (Å²) in [5.74, 6) is 0.137. The van der Waals surface area contributed by atoms with E-state index < -0.39 is 6.10 Å². The quantitative estimate of drug-likeness (QED) is 0.918. The number of aliphatic hydroxyl groups is 1. The van der Waals surface area contributed by atoms with Crippen molar-refractivity contribution in [3.8, 4) is 0 Å². The Morgan fingerprint density at radius 2 is 2.05 bits per heavy atom. The van der Waals surface area contributed by atoms with Gasteiger partial charge in [0.15, 0.2) is 0 Å². The molecule has 0 bridgehead atoms. The van der Waals surface area contributed by atoms with E-state index in [-0.39, 0.29) is 11.3 Å². The first-order chi connectivity index (χ1) is 9.57. The van der Waals surface area contributed by atoms with Gasteiger partial charge >= 0.3 is 0 Å². The van der Waals surface area contributed by atoms with Crippen LogP contribution in [0.3, 0.4) is 0 Å². The van der Waals surface area contributed by atoms with E-state index >= 15 is 0 Å². The summed E-state index contributed by atoms with van der Waals surface area (Å²) in [6.45, 7) is 2.18. The van der Waals surface area contributed by atoms with Crippen molar-refractivity contribution >= 4 is 11.6 Å². The van der Waals surface area contributed by atoms with Crippen molar-refractivity contribution in [2.24, 2.45) is 5.41 Å². The van der Waals surface area contributed by atoms with E-state index in [0.717, 1.165) is 36.1 Å². The zero-order chi connectivity index (χ0) is 14.3. The van der Waals surface area contributed by atoms with Crippen molar-refractivity contribution in [1.29, 1.82) is 0 Å². The van der Waals surface area contributed by atoms with Crippen LogP contribution in [0.1, 0.15) is 56.3 Å². The van der Waals surface area contributed by atoms with Gasteiger partial charge in [0.25, 0.3) is 0 Å². The Morgan fingerprint density at radius 1 is 1.35 bits per heavy atom. The summed E-state index contributed by atoms with van der Waals surface area (Å²) in [5.41, 5.74) is 3.07. The van der Waals surface area contributed by atoms with Gasteiger partial charge in [-0.1, -0.05) is 31.9 Å². The Kier molecular flexibility index (Phi) is 3.33. The fourth-order valence-electron chi connectivity index (χ4n) is 3.91. The molecule has 1 amide bonds. The molecule has 0 aromatic heterocycles. The summed E-state index contributed by atoms with van der Waals surface area (Å²) >= 11 is 0. The van der Waals surface area contributed by atoms with E-state index in [4.69, 9.17) is 0 Å².